The fourth-order valence-corrected chi connectivity index (χ4v) is 4.90. The van der Waals surface area contributed by atoms with Crippen molar-refractivity contribution in [3.63, 3.8) is 0 Å². The number of aromatic nitrogens is 2. The summed E-state index contributed by atoms with van der Waals surface area (Å²) in [7, 11) is 0. The van der Waals surface area contributed by atoms with Gasteiger partial charge in [0.1, 0.15) is 5.82 Å². The van der Waals surface area contributed by atoms with Crippen LogP contribution in [0.25, 0.3) is 33.5 Å². The van der Waals surface area contributed by atoms with Gasteiger partial charge >= 0.3 is 0 Å². The summed E-state index contributed by atoms with van der Waals surface area (Å²) in [6.45, 7) is 0. The maximum atomic E-state index is 6.27. The molecule has 3 heterocycles. The SMILES string of the molecule is c1ccc(-c2ccc(-c3ccnc(-c4ccc5c(c4)N(c4ccccn4)c4ccccc4O5)c3)cc2)cc1. The van der Waals surface area contributed by atoms with Crippen LogP contribution < -0.4 is 9.64 Å². The summed E-state index contributed by atoms with van der Waals surface area (Å²) in [5.41, 5.74) is 8.48. The molecule has 0 spiro atoms. The van der Waals surface area contributed by atoms with Crippen LogP contribution in [0.2, 0.25) is 0 Å². The zero-order chi connectivity index (χ0) is 25.3. The highest BCUT2D eigenvalue weighted by molar-refractivity contribution is 5.87. The van der Waals surface area contributed by atoms with Crippen molar-refractivity contribution in [2.75, 3.05) is 4.90 Å². The van der Waals surface area contributed by atoms with Gasteiger partial charge in [-0.05, 0) is 76.9 Å². The van der Waals surface area contributed by atoms with E-state index in [1.165, 1.54) is 11.1 Å². The molecule has 0 atom stereocenters. The van der Waals surface area contributed by atoms with Gasteiger partial charge in [0, 0.05) is 18.0 Å². The van der Waals surface area contributed by atoms with Gasteiger partial charge in [-0.1, -0.05) is 72.8 Å². The van der Waals surface area contributed by atoms with E-state index >= 15 is 0 Å². The fraction of sp³-hybridized carbons (Fsp3) is 0. The minimum absolute atomic E-state index is 0.783. The Hall–Kier alpha value is -5.22. The molecule has 4 nitrogen and oxygen atoms in total. The van der Waals surface area contributed by atoms with Crippen LogP contribution in [-0.2, 0) is 0 Å². The third-order valence-corrected chi connectivity index (χ3v) is 6.79. The molecule has 1 aliphatic heterocycles. The maximum absolute atomic E-state index is 6.27. The highest BCUT2D eigenvalue weighted by atomic mass is 16.5. The van der Waals surface area contributed by atoms with E-state index in [1.54, 1.807) is 0 Å². The van der Waals surface area contributed by atoms with E-state index in [1.807, 2.05) is 60.9 Å². The average Bonchev–Trinajstić information content (AvgIpc) is 3.00. The number of pyridine rings is 2. The number of ether oxygens (including phenoxy) is 1. The summed E-state index contributed by atoms with van der Waals surface area (Å²) < 4.78 is 6.27. The number of hydrogen-bond donors (Lipinski definition) is 0. The molecule has 38 heavy (non-hydrogen) atoms. The molecular weight excluding hydrogens is 466 g/mol. The molecule has 0 N–H and O–H groups in total. The first-order chi connectivity index (χ1) is 18.8. The molecule has 4 aromatic carbocycles. The maximum Gasteiger partial charge on any atom is 0.151 e. The number of fused-ring (bicyclic) bond motifs is 2. The van der Waals surface area contributed by atoms with Crippen LogP contribution >= 0.6 is 0 Å². The molecule has 6 aromatic rings. The van der Waals surface area contributed by atoms with Crippen LogP contribution in [0.15, 0.2) is 140 Å². The van der Waals surface area contributed by atoms with Gasteiger partial charge in [0.05, 0.1) is 17.1 Å². The first-order valence-corrected chi connectivity index (χ1v) is 12.6. The van der Waals surface area contributed by atoms with E-state index in [0.717, 1.165) is 51.1 Å². The van der Waals surface area contributed by atoms with Crippen LogP contribution in [-0.4, -0.2) is 9.97 Å². The van der Waals surface area contributed by atoms with Crippen LogP contribution in [0.4, 0.5) is 17.2 Å². The minimum atomic E-state index is 0.783. The lowest BCUT2D eigenvalue weighted by molar-refractivity contribution is 0.477. The molecule has 4 heteroatoms. The van der Waals surface area contributed by atoms with Gasteiger partial charge in [0.15, 0.2) is 11.5 Å². The molecule has 0 radical (unpaired) electrons. The standard InChI is InChI=1S/C34H23N3O/c1-2-8-24(9-3-1)25-13-15-26(16-14-25)27-19-21-35-29(22-27)28-17-18-33-31(23-28)37(34-12-6-7-20-36-34)30-10-4-5-11-32(30)38-33/h1-23H. The Morgan fingerprint density at radius 2 is 1.13 bits per heavy atom. The Bertz CT molecular complexity index is 1730. The molecule has 0 saturated carbocycles. The second-order valence-electron chi connectivity index (χ2n) is 9.15. The van der Waals surface area contributed by atoms with Gasteiger partial charge in [0.25, 0.3) is 0 Å². The summed E-state index contributed by atoms with van der Waals surface area (Å²) >= 11 is 0. The Kier molecular flexibility index (Phi) is 5.41. The first-order valence-electron chi connectivity index (χ1n) is 12.6. The predicted molar refractivity (Wildman–Crippen MR) is 153 cm³/mol. The Labute approximate surface area is 221 Å². The Morgan fingerprint density at radius 3 is 1.95 bits per heavy atom. The van der Waals surface area contributed by atoms with Crippen LogP contribution in [0, 0.1) is 0 Å². The zero-order valence-electron chi connectivity index (χ0n) is 20.5. The fourth-order valence-electron chi connectivity index (χ4n) is 4.90. The summed E-state index contributed by atoms with van der Waals surface area (Å²) in [5.74, 6) is 2.42. The molecule has 0 fully saturated rings. The third-order valence-electron chi connectivity index (χ3n) is 6.79. The number of anilines is 3. The summed E-state index contributed by atoms with van der Waals surface area (Å²) in [6, 6.07) is 43.5. The molecule has 180 valence electrons. The van der Waals surface area contributed by atoms with E-state index in [-0.39, 0.29) is 0 Å². The molecule has 2 aromatic heterocycles. The average molecular weight is 490 g/mol. The lowest BCUT2D eigenvalue weighted by Crippen LogP contribution is -2.16. The van der Waals surface area contributed by atoms with Crippen molar-refractivity contribution in [1.29, 1.82) is 0 Å². The number of para-hydroxylation sites is 2. The van der Waals surface area contributed by atoms with Crippen molar-refractivity contribution in [2.45, 2.75) is 0 Å². The molecule has 0 aliphatic carbocycles. The normalized spacial score (nSPS) is 11.8. The molecule has 0 amide bonds. The third kappa shape index (κ3) is 3.98. The minimum Gasteiger partial charge on any atom is -0.453 e. The van der Waals surface area contributed by atoms with E-state index < -0.39 is 0 Å². The van der Waals surface area contributed by atoms with Crippen LogP contribution in [0.3, 0.4) is 0 Å². The van der Waals surface area contributed by atoms with E-state index in [0.29, 0.717) is 0 Å². The molecule has 1 aliphatic rings. The Morgan fingerprint density at radius 1 is 0.447 bits per heavy atom. The summed E-state index contributed by atoms with van der Waals surface area (Å²) in [6.07, 6.45) is 3.68. The van der Waals surface area contributed by atoms with Gasteiger partial charge in [-0.3, -0.25) is 9.88 Å². The summed E-state index contributed by atoms with van der Waals surface area (Å²) in [4.78, 5) is 11.5. The van der Waals surface area contributed by atoms with Gasteiger partial charge in [0.2, 0.25) is 0 Å². The first kappa shape index (κ1) is 22.0. The highest BCUT2D eigenvalue weighted by Gasteiger charge is 2.26. The number of benzene rings is 4. The lowest BCUT2D eigenvalue weighted by Gasteiger charge is -2.32. The van der Waals surface area contributed by atoms with Crippen molar-refractivity contribution in [1.82, 2.24) is 9.97 Å². The van der Waals surface area contributed by atoms with Crippen LogP contribution in [0.5, 0.6) is 11.5 Å². The largest absolute Gasteiger partial charge is 0.453 e. The predicted octanol–water partition coefficient (Wildman–Crippen LogP) is 9.05. The van der Waals surface area contributed by atoms with E-state index in [2.05, 4.69) is 88.7 Å². The number of nitrogens with zero attached hydrogens (tertiary/aromatic N) is 3. The molecule has 7 rings (SSSR count). The molecule has 0 bridgehead atoms. The van der Waals surface area contributed by atoms with Crippen molar-refractivity contribution < 1.29 is 4.74 Å². The van der Waals surface area contributed by atoms with Gasteiger partial charge < -0.3 is 4.74 Å². The zero-order valence-corrected chi connectivity index (χ0v) is 20.5. The van der Waals surface area contributed by atoms with Gasteiger partial charge in [-0.25, -0.2) is 4.98 Å². The summed E-state index contributed by atoms with van der Waals surface area (Å²) in [5, 5.41) is 0. The second kappa shape index (κ2) is 9.34. The van der Waals surface area contributed by atoms with Gasteiger partial charge in [-0.15, -0.1) is 0 Å². The topological polar surface area (TPSA) is 38.2 Å². The van der Waals surface area contributed by atoms with Crippen molar-refractivity contribution >= 4 is 17.2 Å². The van der Waals surface area contributed by atoms with Crippen LogP contribution in [0.1, 0.15) is 0 Å². The quantitative estimate of drug-likeness (QED) is 0.247. The molecule has 0 unspecified atom stereocenters. The molecular formula is C34H23N3O. The highest BCUT2D eigenvalue weighted by Crippen LogP contribution is 2.50. The Balaban J connectivity index is 1.27. The van der Waals surface area contributed by atoms with Crippen molar-refractivity contribution in [2.24, 2.45) is 0 Å². The monoisotopic (exact) mass is 489 g/mol. The smallest absolute Gasteiger partial charge is 0.151 e. The molecule has 0 saturated heterocycles. The van der Waals surface area contributed by atoms with Crippen molar-refractivity contribution in [3.05, 3.63) is 140 Å². The number of rotatable bonds is 4. The lowest BCUT2D eigenvalue weighted by atomic mass is 9.99. The van der Waals surface area contributed by atoms with E-state index in [4.69, 9.17) is 9.72 Å². The van der Waals surface area contributed by atoms with Crippen molar-refractivity contribution in [3.8, 4) is 45.0 Å². The second-order valence-corrected chi connectivity index (χ2v) is 9.15. The number of hydrogen-bond acceptors (Lipinski definition) is 4. The van der Waals surface area contributed by atoms with E-state index in [9.17, 15) is 0 Å². The van der Waals surface area contributed by atoms with Gasteiger partial charge in [-0.2, -0.15) is 0 Å².